The molecule has 0 unspecified atom stereocenters. The van der Waals surface area contributed by atoms with Gasteiger partial charge in [0, 0.05) is 42.7 Å². The lowest BCUT2D eigenvalue weighted by atomic mass is 10.0. The number of nitrogens with one attached hydrogen (secondary N) is 2. The number of nitrogens with zero attached hydrogens (tertiary/aromatic N) is 3. The average molecular weight is 443 g/mol. The maximum atomic E-state index is 11.9. The third kappa shape index (κ3) is 7.42. The third-order valence-electron chi connectivity index (χ3n) is 5.45. The van der Waals surface area contributed by atoms with Crippen LogP contribution in [0.15, 0.2) is 60.9 Å². The summed E-state index contributed by atoms with van der Waals surface area (Å²) in [6.45, 7) is 0.674. The Kier molecular flexibility index (Phi) is 7.64. The van der Waals surface area contributed by atoms with Crippen LogP contribution in [0.25, 0.3) is 17.3 Å². The van der Waals surface area contributed by atoms with E-state index in [4.69, 9.17) is 5.73 Å². The van der Waals surface area contributed by atoms with Crippen molar-refractivity contribution >= 4 is 23.7 Å². The zero-order chi connectivity index (χ0) is 22.9. The number of anilines is 2. The van der Waals surface area contributed by atoms with E-state index in [-0.39, 0.29) is 5.91 Å². The van der Waals surface area contributed by atoms with Gasteiger partial charge in [-0.25, -0.2) is 4.98 Å². The molecule has 170 valence electrons. The summed E-state index contributed by atoms with van der Waals surface area (Å²) in [5.41, 5.74) is 10.00. The van der Waals surface area contributed by atoms with E-state index in [9.17, 15) is 4.79 Å². The molecule has 0 bridgehead atoms. The van der Waals surface area contributed by atoms with Crippen molar-refractivity contribution in [2.45, 2.75) is 44.6 Å². The van der Waals surface area contributed by atoms with Crippen LogP contribution >= 0.6 is 0 Å². The number of unbranched alkanes of at least 4 members (excludes halogenated alkanes) is 2. The Morgan fingerprint density at radius 3 is 2.82 bits per heavy atom. The fraction of sp³-hybridized carbons (Fsp3) is 0.308. The van der Waals surface area contributed by atoms with Crippen LogP contribution in [0.4, 0.5) is 11.8 Å². The normalized spacial score (nSPS) is 13.2. The van der Waals surface area contributed by atoms with Crippen molar-refractivity contribution in [1.29, 1.82) is 0 Å². The third-order valence-corrected chi connectivity index (χ3v) is 5.45. The van der Waals surface area contributed by atoms with Crippen molar-refractivity contribution in [3.8, 4) is 11.3 Å². The fourth-order valence-corrected chi connectivity index (χ4v) is 3.56. The van der Waals surface area contributed by atoms with Crippen molar-refractivity contribution in [2.24, 2.45) is 0 Å². The van der Waals surface area contributed by atoms with Gasteiger partial charge in [-0.1, -0.05) is 30.7 Å². The van der Waals surface area contributed by atoms with Crippen LogP contribution in [0, 0.1) is 0 Å². The van der Waals surface area contributed by atoms with Gasteiger partial charge in [0.05, 0.1) is 5.69 Å². The topological polar surface area (TPSA) is 106 Å². The molecule has 0 aliphatic heterocycles. The van der Waals surface area contributed by atoms with Crippen LogP contribution in [-0.4, -0.2) is 33.4 Å². The number of amides is 1. The van der Waals surface area contributed by atoms with Crippen LogP contribution in [0.1, 0.15) is 43.2 Å². The Morgan fingerprint density at radius 1 is 1.09 bits per heavy atom. The van der Waals surface area contributed by atoms with Crippen LogP contribution < -0.4 is 16.4 Å². The lowest BCUT2D eigenvalue weighted by Crippen LogP contribution is -2.21. The van der Waals surface area contributed by atoms with E-state index in [1.165, 1.54) is 18.4 Å². The minimum absolute atomic E-state index is 0.0776. The van der Waals surface area contributed by atoms with Crippen molar-refractivity contribution in [3.63, 3.8) is 0 Å². The molecule has 1 saturated carbocycles. The molecule has 7 nitrogen and oxygen atoms in total. The molecule has 0 radical (unpaired) electrons. The van der Waals surface area contributed by atoms with E-state index in [1.807, 2.05) is 18.2 Å². The summed E-state index contributed by atoms with van der Waals surface area (Å²) in [5, 5.41) is 6.32. The molecule has 0 spiro atoms. The van der Waals surface area contributed by atoms with Gasteiger partial charge < -0.3 is 16.4 Å². The zero-order valence-electron chi connectivity index (χ0n) is 18.7. The smallest absolute Gasteiger partial charge is 0.243 e. The number of nitrogens with two attached hydrogens (primary N) is 1. The van der Waals surface area contributed by atoms with Crippen LogP contribution in [0.5, 0.6) is 0 Å². The van der Waals surface area contributed by atoms with E-state index in [1.54, 1.807) is 24.5 Å². The first-order valence-corrected chi connectivity index (χ1v) is 11.5. The van der Waals surface area contributed by atoms with Crippen LogP contribution in [-0.2, 0) is 11.2 Å². The molecule has 4 N–H and O–H groups in total. The van der Waals surface area contributed by atoms with Gasteiger partial charge in [0.2, 0.25) is 11.9 Å². The largest absolute Gasteiger partial charge is 0.368 e. The molecule has 1 aliphatic carbocycles. The number of pyridine rings is 1. The summed E-state index contributed by atoms with van der Waals surface area (Å²) >= 11 is 0. The van der Waals surface area contributed by atoms with Gasteiger partial charge in [0.15, 0.2) is 0 Å². The zero-order valence-corrected chi connectivity index (χ0v) is 18.7. The molecule has 4 rings (SSSR count). The van der Waals surface area contributed by atoms with E-state index in [0.717, 1.165) is 48.3 Å². The Balaban J connectivity index is 1.20. The average Bonchev–Trinajstić information content (AvgIpc) is 3.64. The van der Waals surface area contributed by atoms with Crippen LogP contribution in [0.2, 0.25) is 0 Å². The summed E-state index contributed by atoms with van der Waals surface area (Å²) in [6, 6.07) is 14.7. The van der Waals surface area contributed by atoms with Gasteiger partial charge in [0.25, 0.3) is 0 Å². The quantitative estimate of drug-likeness (QED) is 0.303. The Morgan fingerprint density at radius 2 is 2.00 bits per heavy atom. The fourth-order valence-electron chi connectivity index (χ4n) is 3.56. The highest BCUT2D eigenvalue weighted by atomic mass is 16.1. The minimum Gasteiger partial charge on any atom is -0.368 e. The van der Waals surface area contributed by atoms with Gasteiger partial charge in [-0.2, -0.15) is 4.98 Å². The first-order chi connectivity index (χ1) is 16.2. The summed E-state index contributed by atoms with van der Waals surface area (Å²) in [4.78, 5) is 24.7. The molecule has 7 heteroatoms. The summed E-state index contributed by atoms with van der Waals surface area (Å²) in [5.74, 6) is 1.01. The van der Waals surface area contributed by atoms with E-state index in [0.29, 0.717) is 18.5 Å². The summed E-state index contributed by atoms with van der Waals surface area (Å²) in [7, 11) is 0. The first-order valence-electron chi connectivity index (χ1n) is 11.5. The minimum atomic E-state index is -0.0776. The van der Waals surface area contributed by atoms with Gasteiger partial charge in [-0.3, -0.25) is 9.78 Å². The number of nitrogen functional groups attached to an aromatic ring is 1. The number of aryl methyl sites for hydroxylation is 1. The molecule has 1 fully saturated rings. The molecule has 1 aliphatic rings. The second-order valence-corrected chi connectivity index (χ2v) is 8.34. The Bertz CT molecular complexity index is 1090. The van der Waals surface area contributed by atoms with E-state index >= 15 is 0 Å². The molecular formula is C26H30N6O. The predicted octanol–water partition coefficient (Wildman–Crippen LogP) is 4.24. The molecule has 2 heterocycles. The number of carbonyl (C=O) groups excluding carboxylic acids is 1. The molecule has 1 amide bonds. The molecule has 0 atom stereocenters. The summed E-state index contributed by atoms with van der Waals surface area (Å²) < 4.78 is 0. The Labute approximate surface area is 194 Å². The number of carbonyl (C=O) groups is 1. The highest BCUT2D eigenvalue weighted by Crippen LogP contribution is 2.27. The Hall–Kier alpha value is -3.74. The predicted molar refractivity (Wildman–Crippen MR) is 132 cm³/mol. The van der Waals surface area contributed by atoms with Gasteiger partial charge in [-0.05, 0) is 61.4 Å². The van der Waals surface area contributed by atoms with Crippen molar-refractivity contribution in [2.75, 3.05) is 17.6 Å². The van der Waals surface area contributed by atoms with E-state index < -0.39 is 0 Å². The molecule has 2 aromatic heterocycles. The molecule has 3 aromatic rings. The maximum Gasteiger partial charge on any atom is 0.243 e. The lowest BCUT2D eigenvalue weighted by Gasteiger charge is -2.09. The first kappa shape index (κ1) is 22.5. The van der Waals surface area contributed by atoms with E-state index in [2.05, 4.69) is 49.9 Å². The lowest BCUT2D eigenvalue weighted by molar-refractivity contribution is -0.116. The summed E-state index contributed by atoms with van der Waals surface area (Å²) in [6.07, 6.45) is 13.2. The van der Waals surface area contributed by atoms with Gasteiger partial charge in [-0.15, -0.1) is 0 Å². The monoisotopic (exact) mass is 442 g/mol. The van der Waals surface area contributed by atoms with Crippen LogP contribution in [0.3, 0.4) is 0 Å². The standard InChI is InChI=1S/C26H30N6O/c27-26-31-23(17-24(32-26)30-22-11-12-22)21-9-4-7-19(16-21)6-2-1-3-15-29-25(33)13-10-20-8-5-14-28-18-20/h4-5,7-10,13-14,16-18,22H,1-3,6,11-12,15H2,(H,29,33)(H3,27,30,31,32)/b13-10+. The highest BCUT2D eigenvalue weighted by molar-refractivity contribution is 5.91. The molecular weight excluding hydrogens is 412 g/mol. The van der Waals surface area contributed by atoms with Crippen molar-refractivity contribution < 1.29 is 4.79 Å². The highest BCUT2D eigenvalue weighted by Gasteiger charge is 2.21. The maximum absolute atomic E-state index is 11.9. The number of rotatable bonds is 11. The van der Waals surface area contributed by atoms with Gasteiger partial charge in [0.1, 0.15) is 5.82 Å². The van der Waals surface area contributed by atoms with Crippen molar-refractivity contribution in [1.82, 2.24) is 20.3 Å². The number of aromatic nitrogens is 3. The van der Waals surface area contributed by atoms with Crippen molar-refractivity contribution in [3.05, 3.63) is 72.1 Å². The second-order valence-electron chi connectivity index (χ2n) is 8.34. The number of benzene rings is 1. The van der Waals surface area contributed by atoms with Gasteiger partial charge >= 0.3 is 0 Å². The SMILES string of the molecule is Nc1nc(NC2CC2)cc(-c2cccc(CCCCCNC(=O)/C=C/c3cccnc3)c2)n1. The molecule has 0 saturated heterocycles. The second kappa shape index (κ2) is 11.2. The number of hydrogen-bond acceptors (Lipinski definition) is 6. The molecule has 1 aromatic carbocycles. The molecule has 33 heavy (non-hydrogen) atoms. The number of hydrogen-bond donors (Lipinski definition) is 3.